The van der Waals surface area contributed by atoms with Gasteiger partial charge in [0.05, 0.1) is 9.83 Å². The van der Waals surface area contributed by atoms with Gasteiger partial charge in [-0.25, -0.2) is 4.79 Å². The maximum Gasteiger partial charge on any atom is 0.410 e. The lowest BCUT2D eigenvalue weighted by atomic mass is 10.0. The van der Waals surface area contributed by atoms with Gasteiger partial charge in [0, 0.05) is 29.8 Å². The first kappa shape index (κ1) is 16.7. The zero-order valence-electron chi connectivity index (χ0n) is 13.6. The maximum absolute atomic E-state index is 12.4. The molecule has 1 saturated heterocycles. The van der Waals surface area contributed by atoms with Crippen LogP contribution in [0.2, 0.25) is 0 Å². The average molecular weight is 397 g/mol. The molecule has 23 heavy (non-hydrogen) atoms. The molecular formula is C17H21BrN2O2S. The molecule has 1 amide bonds. The topological polar surface area (TPSA) is 41.9 Å². The Balaban J connectivity index is 1.67. The van der Waals surface area contributed by atoms with Crippen LogP contribution in [-0.4, -0.2) is 34.9 Å². The fourth-order valence-electron chi connectivity index (χ4n) is 2.94. The molecule has 1 atom stereocenters. The summed E-state index contributed by atoms with van der Waals surface area (Å²) in [6.45, 7) is 6.45. The predicted octanol–water partition coefficient (Wildman–Crippen LogP) is 5.10. The third-order valence-corrected chi connectivity index (χ3v) is 5.61. The van der Waals surface area contributed by atoms with Crippen LogP contribution in [-0.2, 0) is 4.74 Å². The standard InChI is InChI=1S/C17H21BrN2O2S/c1-17(2,3)22-16(21)20-8-4-5-13(20)12-9-11(10-19-12)14-6-7-15(18)23-14/h6-7,10,13H,4-5,8-9H2,1-3H3. The largest absolute Gasteiger partial charge is 0.444 e. The monoisotopic (exact) mass is 396 g/mol. The molecule has 0 bridgehead atoms. The van der Waals surface area contributed by atoms with Crippen LogP contribution in [0.3, 0.4) is 0 Å². The number of amides is 1. The smallest absolute Gasteiger partial charge is 0.410 e. The summed E-state index contributed by atoms with van der Waals surface area (Å²) in [7, 11) is 0. The van der Waals surface area contributed by atoms with Crippen molar-refractivity contribution in [3.8, 4) is 0 Å². The molecular weight excluding hydrogens is 376 g/mol. The van der Waals surface area contributed by atoms with E-state index in [1.165, 1.54) is 10.5 Å². The van der Waals surface area contributed by atoms with Crippen LogP contribution in [0.4, 0.5) is 4.79 Å². The third-order valence-electron chi connectivity index (χ3n) is 3.91. The van der Waals surface area contributed by atoms with Gasteiger partial charge in [0.2, 0.25) is 0 Å². The Morgan fingerprint density at radius 1 is 1.43 bits per heavy atom. The Hall–Kier alpha value is -1.14. The van der Waals surface area contributed by atoms with Gasteiger partial charge >= 0.3 is 6.09 Å². The first-order chi connectivity index (χ1) is 10.8. The quantitative estimate of drug-likeness (QED) is 0.697. The number of halogens is 1. The number of allylic oxidation sites excluding steroid dienone is 1. The van der Waals surface area contributed by atoms with E-state index in [9.17, 15) is 4.79 Å². The number of carbonyl (C=O) groups is 1. The number of rotatable bonds is 2. The van der Waals surface area contributed by atoms with Crippen LogP contribution in [0.15, 0.2) is 27.1 Å². The highest BCUT2D eigenvalue weighted by molar-refractivity contribution is 9.11. The lowest BCUT2D eigenvalue weighted by Crippen LogP contribution is -2.43. The van der Waals surface area contributed by atoms with Crippen LogP contribution in [0, 0.1) is 0 Å². The van der Waals surface area contributed by atoms with E-state index in [0.29, 0.717) is 0 Å². The number of likely N-dealkylation sites (tertiary alicyclic amines) is 1. The van der Waals surface area contributed by atoms with Crippen molar-refractivity contribution < 1.29 is 9.53 Å². The van der Waals surface area contributed by atoms with Crippen molar-refractivity contribution in [2.75, 3.05) is 6.54 Å². The van der Waals surface area contributed by atoms with Gasteiger partial charge in [-0.3, -0.25) is 9.89 Å². The second-order valence-electron chi connectivity index (χ2n) is 6.89. The lowest BCUT2D eigenvalue weighted by Gasteiger charge is -2.28. The molecule has 1 unspecified atom stereocenters. The summed E-state index contributed by atoms with van der Waals surface area (Å²) < 4.78 is 6.66. The van der Waals surface area contributed by atoms with Crippen molar-refractivity contribution in [3.05, 3.63) is 27.0 Å². The van der Waals surface area contributed by atoms with Gasteiger partial charge in [0.1, 0.15) is 5.60 Å². The molecule has 1 fully saturated rings. The molecule has 0 spiro atoms. The number of hydrogen-bond donors (Lipinski definition) is 0. The van der Waals surface area contributed by atoms with E-state index in [4.69, 9.17) is 4.74 Å². The van der Waals surface area contributed by atoms with Crippen LogP contribution < -0.4 is 0 Å². The van der Waals surface area contributed by atoms with E-state index in [1.54, 1.807) is 11.3 Å². The molecule has 3 heterocycles. The molecule has 0 aromatic carbocycles. The Kier molecular flexibility index (Phi) is 4.65. The highest BCUT2D eigenvalue weighted by atomic mass is 79.9. The van der Waals surface area contributed by atoms with E-state index in [1.807, 2.05) is 31.9 Å². The molecule has 0 N–H and O–H groups in total. The minimum Gasteiger partial charge on any atom is -0.444 e. The van der Waals surface area contributed by atoms with Crippen LogP contribution in [0.5, 0.6) is 0 Å². The summed E-state index contributed by atoms with van der Waals surface area (Å²) in [5, 5.41) is 0. The van der Waals surface area contributed by atoms with Gasteiger partial charge in [-0.2, -0.15) is 0 Å². The minimum atomic E-state index is -0.464. The average Bonchev–Trinajstić information content (AvgIpc) is 3.15. The Bertz CT molecular complexity index is 672. The van der Waals surface area contributed by atoms with E-state index < -0.39 is 5.60 Å². The van der Waals surface area contributed by atoms with Gasteiger partial charge in [-0.05, 0) is 67.2 Å². The van der Waals surface area contributed by atoms with Gasteiger partial charge in [0.25, 0.3) is 0 Å². The van der Waals surface area contributed by atoms with E-state index >= 15 is 0 Å². The van der Waals surface area contributed by atoms with Gasteiger partial charge in [0.15, 0.2) is 0 Å². The first-order valence-corrected chi connectivity index (χ1v) is 9.45. The number of thiophene rings is 1. The SMILES string of the molecule is CC(C)(C)OC(=O)N1CCCC1C1=NC=C(c2ccc(Br)s2)C1. The van der Waals surface area contributed by atoms with Crippen molar-refractivity contribution in [2.45, 2.75) is 51.7 Å². The molecule has 1 aromatic heterocycles. The molecule has 2 aliphatic heterocycles. The van der Waals surface area contributed by atoms with E-state index in [2.05, 4.69) is 33.1 Å². The normalized spacial score (nSPS) is 21.4. The zero-order chi connectivity index (χ0) is 16.6. The Morgan fingerprint density at radius 3 is 2.87 bits per heavy atom. The molecule has 0 saturated carbocycles. The van der Waals surface area contributed by atoms with Crippen LogP contribution in [0.1, 0.15) is 44.9 Å². The summed E-state index contributed by atoms with van der Waals surface area (Å²) in [5.74, 6) is 0. The summed E-state index contributed by atoms with van der Waals surface area (Å²) >= 11 is 5.22. The van der Waals surface area contributed by atoms with Crippen LogP contribution >= 0.6 is 27.3 Å². The molecule has 2 aliphatic rings. The highest BCUT2D eigenvalue weighted by Crippen LogP contribution is 2.34. The predicted molar refractivity (Wildman–Crippen MR) is 98.0 cm³/mol. The van der Waals surface area contributed by atoms with E-state index in [-0.39, 0.29) is 12.1 Å². The Labute approximate surface area is 149 Å². The second kappa shape index (κ2) is 6.40. The number of carbonyl (C=O) groups excluding carboxylic acids is 1. The molecule has 124 valence electrons. The maximum atomic E-state index is 12.4. The van der Waals surface area contributed by atoms with Crippen molar-refractivity contribution in [1.82, 2.24) is 4.90 Å². The molecule has 1 aromatic rings. The summed E-state index contributed by atoms with van der Waals surface area (Å²) in [4.78, 5) is 20.1. The summed E-state index contributed by atoms with van der Waals surface area (Å²) in [6.07, 6.45) is 4.50. The number of nitrogens with zero attached hydrogens (tertiary/aromatic N) is 2. The summed E-state index contributed by atoms with van der Waals surface area (Å²) in [6, 6.07) is 4.24. The van der Waals surface area contributed by atoms with Gasteiger partial charge < -0.3 is 4.74 Å². The van der Waals surface area contributed by atoms with Gasteiger partial charge in [-0.15, -0.1) is 11.3 Å². The molecule has 6 heteroatoms. The van der Waals surface area contributed by atoms with Crippen molar-refractivity contribution >= 4 is 44.6 Å². The van der Waals surface area contributed by atoms with Crippen molar-refractivity contribution in [1.29, 1.82) is 0 Å². The van der Waals surface area contributed by atoms with Gasteiger partial charge in [-0.1, -0.05) is 0 Å². The van der Waals surface area contributed by atoms with Crippen LogP contribution in [0.25, 0.3) is 5.57 Å². The zero-order valence-corrected chi connectivity index (χ0v) is 16.0. The molecule has 3 rings (SSSR count). The molecule has 0 radical (unpaired) electrons. The number of ether oxygens (including phenoxy) is 1. The van der Waals surface area contributed by atoms with Crippen molar-refractivity contribution in [3.63, 3.8) is 0 Å². The molecule has 0 aliphatic carbocycles. The number of aliphatic imine (C=N–C) groups is 1. The fraction of sp³-hybridized carbons (Fsp3) is 0.529. The number of hydrogen-bond acceptors (Lipinski definition) is 4. The van der Waals surface area contributed by atoms with Crippen molar-refractivity contribution in [2.24, 2.45) is 4.99 Å². The van der Waals surface area contributed by atoms with E-state index in [0.717, 1.165) is 35.3 Å². The highest BCUT2D eigenvalue weighted by Gasteiger charge is 2.36. The lowest BCUT2D eigenvalue weighted by molar-refractivity contribution is 0.0265. The Morgan fingerprint density at radius 2 is 2.22 bits per heavy atom. The second-order valence-corrected chi connectivity index (χ2v) is 9.35. The third kappa shape index (κ3) is 3.86. The minimum absolute atomic E-state index is 0.0713. The molecule has 4 nitrogen and oxygen atoms in total. The summed E-state index contributed by atoms with van der Waals surface area (Å²) in [5.41, 5.74) is 1.84. The fourth-order valence-corrected chi connectivity index (χ4v) is 4.33. The first-order valence-electron chi connectivity index (χ1n) is 7.84.